The number of hydrogen-bond donors (Lipinski definition) is 2. The topological polar surface area (TPSA) is 66.9 Å². The number of nitrogens with zero attached hydrogens (tertiary/aromatic N) is 2. The van der Waals surface area contributed by atoms with Crippen molar-refractivity contribution in [2.75, 3.05) is 18.4 Å². The van der Waals surface area contributed by atoms with Crippen molar-refractivity contribution in [1.82, 2.24) is 15.5 Å². The smallest absolute Gasteiger partial charge is 0.360 e. The van der Waals surface area contributed by atoms with Gasteiger partial charge in [-0.25, -0.2) is 0 Å². The maximum Gasteiger partial charge on any atom is 0.405 e. The molecule has 1 atom stereocenters. The minimum atomic E-state index is -4.40. The highest BCUT2D eigenvalue weighted by molar-refractivity contribution is 8.02. The standard InChI is InChI=1S/C11H17F3N4OS2/c1-3-4-5-15-9-17-18-10(21-9)20-7(2)8(19)16-6-11(12,13)14/h7H,3-6H2,1-2H3,(H,15,17)(H,16,19)/t7-/m1/s1. The highest BCUT2D eigenvalue weighted by Crippen LogP contribution is 2.29. The third-order valence-electron chi connectivity index (χ3n) is 2.32. The molecule has 0 bridgehead atoms. The van der Waals surface area contributed by atoms with Crippen molar-refractivity contribution >= 4 is 34.1 Å². The molecule has 0 saturated carbocycles. The van der Waals surface area contributed by atoms with E-state index in [9.17, 15) is 18.0 Å². The Hall–Kier alpha value is -1.03. The molecule has 2 N–H and O–H groups in total. The summed E-state index contributed by atoms with van der Waals surface area (Å²) in [5, 5.41) is 12.7. The molecular weight excluding hydrogens is 325 g/mol. The molecule has 0 spiro atoms. The first-order valence-electron chi connectivity index (χ1n) is 6.40. The molecule has 0 aromatic carbocycles. The van der Waals surface area contributed by atoms with Crippen LogP contribution in [0.2, 0.25) is 0 Å². The average molecular weight is 342 g/mol. The molecule has 1 heterocycles. The van der Waals surface area contributed by atoms with E-state index in [4.69, 9.17) is 0 Å². The van der Waals surface area contributed by atoms with Crippen LogP contribution in [0.3, 0.4) is 0 Å². The molecular formula is C11H17F3N4OS2. The second kappa shape index (κ2) is 8.42. The summed E-state index contributed by atoms with van der Waals surface area (Å²) in [5.41, 5.74) is 0. The molecule has 0 unspecified atom stereocenters. The Bertz CT molecular complexity index is 453. The molecule has 0 aliphatic carbocycles. The molecule has 0 radical (unpaired) electrons. The van der Waals surface area contributed by atoms with Gasteiger partial charge in [-0.2, -0.15) is 13.2 Å². The lowest BCUT2D eigenvalue weighted by atomic mass is 10.3. The van der Waals surface area contributed by atoms with E-state index in [1.165, 1.54) is 18.3 Å². The number of halogens is 3. The molecule has 0 saturated heterocycles. The number of aromatic nitrogens is 2. The molecule has 0 aliphatic rings. The molecule has 120 valence electrons. The zero-order valence-corrected chi connectivity index (χ0v) is 13.3. The number of amides is 1. The van der Waals surface area contributed by atoms with Gasteiger partial charge in [0.05, 0.1) is 5.25 Å². The lowest BCUT2D eigenvalue weighted by Crippen LogP contribution is -2.37. The summed E-state index contributed by atoms with van der Waals surface area (Å²) >= 11 is 2.37. The van der Waals surface area contributed by atoms with Gasteiger partial charge in [0.25, 0.3) is 0 Å². The minimum Gasteiger partial charge on any atom is -0.360 e. The van der Waals surface area contributed by atoms with Gasteiger partial charge in [-0.3, -0.25) is 4.79 Å². The number of thioether (sulfide) groups is 1. The number of rotatable bonds is 8. The normalized spacial score (nSPS) is 13.0. The third kappa shape index (κ3) is 7.51. The van der Waals surface area contributed by atoms with Gasteiger partial charge in [-0.1, -0.05) is 36.4 Å². The van der Waals surface area contributed by atoms with Crippen LogP contribution in [0.15, 0.2) is 4.34 Å². The second-order valence-corrected chi connectivity index (χ2v) is 6.81. The van der Waals surface area contributed by atoms with Crippen molar-refractivity contribution in [2.45, 2.75) is 42.5 Å². The van der Waals surface area contributed by atoms with Gasteiger partial charge in [0.2, 0.25) is 11.0 Å². The first-order valence-corrected chi connectivity index (χ1v) is 8.10. The summed E-state index contributed by atoms with van der Waals surface area (Å²) in [6.45, 7) is 3.07. The lowest BCUT2D eigenvalue weighted by Gasteiger charge is -2.11. The Morgan fingerprint density at radius 1 is 1.43 bits per heavy atom. The van der Waals surface area contributed by atoms with Crippen molar-refractivity contribution in [2.24, 2.45) is 0 Å². The Balaban J connectivity index is 2.40. The predicted octanol–water partition coefficient (Wildman–Crippen LogP) is 2.91. The molecule has 1 rings (SSSR count). The minimum absolute atomic E-state index is 0.545. The van der Waals surface area contributed by atoms with E-state index >= 15 is 0 Å². The number of anilines is 1. The zero-order valence-electron chi connectivity index (χ0n) is 11.7. The van der Waals surface area contributed by atoms with Crippen molar-refractivity contribution < 1.29 is 18.0 Å². The van der Waals surface area contributed by atoms with E-state index in [-0.39, 0.29) is 0 Å². The predicted molar refractivity (Wildman–Crippen MR) is 77.7 cm³/mol. The summed E-state index contributed by atoms with van der Waals surface area (Å²) in [4.78, 5) is 11.5. The van der Waals surface area contributed by atoms with Gasteiger partial charge in [0, 0.05) is 6.54 Å². The first-order chi connectivity index (χ1) is 9.81. The highest BCUT2D eigenvalue weighted by Gasteiger charge is 2.29. The van der Waals surface area contributed by atoms with Crippen molar-refractivity contribution in [1.29, 1.82) is 0 Å². The number of carbonyl (C=O) groups excluding carboxylic acids is 1. The summed E-state index contributed by atoms with van der Waals surface area (Å²) in [6.07, 6.45) is -2.33. The fourth-order valence-electron chi connectivity index (χ4n) is 1.24. The van der Waals surface area contributed by atoms with Gasteiger partial charge in [-0.15, -0.1) is 10.2 Å². The van der Waals surface area contributed by atoms with Crippen LogP contribution in [0.25, 0.3) is 0 Å². The fraction of sp³-hybridized carbons (Fsp3) is 0.727. The summed E-state index contributed by atoms with van der Waals surface area (Å²) < 4.78 is 36.6. The van der Waals surface area contributed by atoms with E-state index < -0.39 is 23.9 Å². The van der Waals surface area contributed by atoms with Crippen molar-refractivity contribution in [3.05, 3.63) is 0 Å². The van der Waals surface area contributed by atoms with Crippen LogP contribution in [-0.2, 0) is 4.79 Å². The van der Waals surface area contributed by atoms with Gasteiger partial charge in [0.15, 0.2) is 4.34 Å². The van der Waals surface area contributed by atoms with E-state index in [0.29, 0.717) is 9.47 Å². The fourth-order valence-corrected chi connectivity index (χ4v) is 3.18. The Morgan fingerprint density at radius 3 is 2.76 bits per heavy atom. The van der Waals surface area contributed by atoms with Crippen LogP contribution in [0, 0.1) is 0 Å². The maximum atomic E-state index is 12.0. The average Bonchev–Trinajstić information content (AvgIpc) is 2.83. The van der Waals surface area contributed by atoms with E-state index in [1.54, 1.807) is 0 Å². The van der Waals surface area contributed by atoms with Crippen LogP contribution in [0.5, 0.6) is 0 Å². The Kier molecular flexibility index (Phi) is 7.23. The Labute approximate surface area is 129 Å². The van der Waals surface area contributed by atoms with Crippen molar-refractivity contribution in [3.8, 4) is 0 Å². The lowest BCUT2D eigenvalue weighted by molar-refractivity contribution is -0.137. The molecule has 5 nitrogen and oxygen atoms in total. The Morgan fingerprint density at radius 2 is 2.14 bits per heavy atom. The largest absolute Gasteiger partial charge is 0.405 e. The van der Waals surface area contributed by atoms with Gasteiger partial charge >= 0.3 is 6.18 Å². The SMILES string of the molecule is CCCCNc1nnc(S[C@H](C)C(=O)NCC(F)(F)F)s1. The van der Waals surface area contributed by atoms with Crippen LogP contribution < -0.4 is 10.6 Å². The first kappa shape index (κ1) is 18.0. The summed E-state index contributed by atoms with van der Waals surface area (Å²) in [6, 6.07) is 0. The molecule has 1 aromatic rings. The number of hydrogen-bond acceptors (Lipinski definition) is 6. The number of unbranched alkanes of at least 4 members (excludes halogenated alkanes) is 1. The molecule has 1 aromatic heterocycles. The van der Waals surface area contributed by atoms with Crippen LogP contribution in [0.1, 0.15) is 26.7 Å². The number of nitrogens with one attached hydrogen (secondary N) is 2. The van der Waals surface area contributed by atoms with E-state index in [0.717, 1.165) is 31.1 Å². The number of alkyl halides is 3. The summed E-state index contributed by atoms with van der Waals surface area (Å²) in [5.74, 6) is -0.673. The van der Waals surface area contributed by atoms with Gasteiger partial charge < -0.3 is 10.6 Å². The monoisotopic (exact) mass is 342 g/mol. The van der Waals surface area contributed by atoms with E-state index in [1.807, 2.05) is 5.32 Å². The van der Waals surface area contributed by atoms with Crippen molar-refractivity contribution in [3.63, 3.8) is 0 Å². The molecule has 10 heteroatoms. The van der Waals surface area contributed by atoms with Crippen LogP contribution in [0.4, 0.5) is 18.3 Å². The highest BCUT2D eigenvalue weighted by atomic mass is 32.2. The molecule has 0 fully saturated rings. The zero-order chi connectivity index (χ0) is 15.9. The van der Waals surface area contributed by atoms with Gasteiger partial charge in [-0.05, 0) is 13.3 Å². The van der Waals surface area contributed by atoms with E-state index in [2.05, 4.69) is 22.4 Å². The number of carbonyl (C=O) groups is 1. The third-order valence-corrected chi connectivity index (χ3v) is 4.39. The van der Waals surface area contributed by atoms with Crippen LogP contribution in [-0.4, -0.2) is 40.6 Å². The molecule has 0 aliphatic heterocycles. The quantitative estimate of drug-likeness (QED) is 0.562. The van der Waals surface area contributed by atoms with Crippen LogP contribution >= 0.6 is 23.1 Å². The second-order valence-electron chi connectivity index (χ2n) is 4.25. The summed E-state index contributed by atoms with van der Waals surface area (Å²) in [7, 11) is 0. The van der Waals surface area contributed by atoms with Gasteiger partial charge in [0.1, 0.15) is 6.54 Å². The molecule has 1 amide bonds. The molecule has 21 heavy (non-hydrogen) atoms. The maximum absolute atomic E-state index is 12.0.